The van der Waals surface area contributed by atoms with Crippen LogP contribution >= 0.6 is 27.3 Å². The molecule has 0 aliphatic rings. The summed E-state index contributed by atoms with van der Waals surface area (Å²) in [5.74, 6) is 2.53. The Morgan fingerprint density at radius 3 is 3.00 bits per heavy atom. The Kier molecular flexibility index (Phi) is 3.64. The van der Waals surface area contributed by atoms with E-state index in [1.807, 2.05) is 6.07 Å². The van der Waals surface area contributed by atoms with Crippen molar-refractivity contribution in [2.75, 3.05) is 6.54 Å². The second-order valence-corrected chi connectivity index (χ2v) is 4.56. The molecule has 0 radical (unpaired) electrons. The fraction of sp³-hybridized carbons (Fsp3) is 0.250. The number of hydrogen-bond donors (Lipinski definition) is 1. The van der Waals surface area contributed by atoms with E-state index in [0.717, 1.165) is 10.3 Å². The zero-order valence-electron chi connectivity index (χ0n) is 5.93. The minimum Gasteiger partial charge on any atom is -0.301 e. The first kappa shape index (κ1) is 8.79. The van der Waals surface area contributed by atoms with Gasteiger partial charge in [0.05, 0.1) is 10.3 Å². The molecule has 1 N–H and O–H groups in total. The number of rotatable bonds is 3. The zero-order chi connectivity index (χ0) is 8.10. The van der Waals surface area contributed by atoms with Gasteiger partial charge < -0.3 is 5.32 Å². The molecule has 0 aromatic carbocycles. The van der Waals surface area contributed by atoms with Crippen molar-refractivity contribution in [3.8, 4) is 12.3 Å². The molecule has 0 saturated heterocycles. The van der Waals surface area contributed by atoms with Crippen LogP contribution in [0.2, 0.25) is 0 Å². The van der Waals surface area contributed by atoms with E-state index in [0.29, 0.717) is 6.54 Å². The highest BCUT2D eigenvalue weighted by atomic mass is 79.9. The second-order valence-electron chi connectivity index (χ2n) is 2.01. The van der Waals surface area contributed by atoms with E-state index in [1.54, 1.807) is 11.3 Å². The summed E-state index contributed by atoms with van der Waals surface area (Å²) in [6.45, 7) is 1.50. The molecule has 0 atom stereocenters. The van der Waals surface area contributed by atoms with E-state index in [4.69, 9.17) is 6.42 Å². The van der Waals surface area contributed by atoms with Crippen LogP contribution in [0.1, 0.15) is 4.88 Å². The standard InChI is InChI=1S/C8H8BrNS/c1-2-5-10-6-7-3-4-8(9)11-7/h1,3-4,10H,5-6H2. The summed E-state index contributed by atoms with van der Waals surface area (Å²) in [6.07, 6.45) is 5.08. The summed E-state index contributed by atoms with van der Waals surface area (Å²) in [7, 11) is 0. The van der Waals surface area contributed by atoms with Crippen molar-refractivity contribution in [3.05, 3.63) is 20.8 Å². The SMILES string of the molecule is C#CCNCc1ccc(Br)s1. The molecule has 0 amide bonds. The normalized spacial score (nSPS) is 9.45. The van der Waals surface area contributed by atoms with Crippen molar-refractivity contribution in [2.45, 2.75) is 6.54 Å². The van der Waals surface area contributed by atoms with Gasteiger partial charge in [0.25, 0.3) is 0 Å². The van der Waals surface area contributed by atoms with Crippen molar-refractivity contribution in [1.29, 1.82) is 0 Å². The maximum absolute atomic E-state index is 5.08. The molecular weight excluding hydrogens is 222 g/mol. The van der Waals surface area contributed by atoms with E-state index >= 15 is 0 Å². The van der Waals surface area contributed by atoms with Gasteiger partial charge in [-0.2, -0.15) is 0 Å². The van der Waals surface area contributed by atoms with E-state index < -0.39 is 0 Å². The third-order valence-corrected chi connectivity index (χ3v) is 2.78. The Hall–Kier alpha value is -0.300. The van der Waals surface area contributed by atoms with Gasteiger partial charge in [-0.1, -0.05) is 5.92 Å². The first-order chi connectivity index (χ1) is 5.33. The van der Waals surface area contributed by atoms with Crippen LogP contribution in [0.25, 0.3) is 0 Å². The highest BCUT2D eigenvalue weighted by Crippen LogP contribution is 2.21. The molecule has 0 saturated carbocycles. The lowest BCUT2D eigenvalue weighted by Crippen LogP contribution is -2.11. The molecule has 58 valence electrons. The smallest absolute Gasteiger partial charge is 0.0701 e. The van der Waals surface area contributed by atoms with Crippen molar-refractivity contribution < 1.29 is 0 Å². The Balaban J connectivity index is 2.34. The molecule has 0 fully saturated rings. The molecule has 1 aromatic rings. The molecule has 1 heterocycles. The van der Waals surface area contributed by atoms with Crippen LogP contribution < -0.4 is 5.32 Å². The monoisotopic (exact) mass is 229 g/mol. The molecule has 1 rings (SSSR count). The average molecular weight is 230 g/mol. The maximum atomic E-state index is 5.08. The molecule has 0 spiro atoms. The van der Waals surface area contributed by atoms with E-state index in [9.17, 15) is 0 Å². The van der Waals surface area contributed by atoms with Crippen molar-refractivity contribution in [1.82, 2.24) is 5.32 Å². The number of terminal acetylenes is 1. The third kappa shape index (κ3) is 3.06. The minimum absolute atomic E-state index is 0.634. The summed E-state index contributed by atoms with van der Waals surface area (Å²) in [4.78, 5) is 1.30. The zero-order valence-corrected chi connectivity index (χ0v) is 8.33. The van der Waals surface area contributed by atoms with Gasteiger partial charge >= 0.3 is 0 Å². The van der Waals surface area contributed by atoms with Crippen LogP contribution in [-0.2, 0) is 6.54 Å². The van der Waals surface area contributed by atoms with E-state index in [1.165, 1.54) is 4.88 Å². The Morgan fingerprint density at radius 2 is 2.45 bits per heavy atom. The Bertz CT molecular complexity index is 261. The predicted molar refractivity (Wildman–Crippen MR) is 52.6 cm³/mol. The summed E-state index contributed by atoms with van der Waals surface area (Å²) >= 11 is 5.12. The Labute approximate surface area is 78.9 Å². The van der Waals surface area contributed by atoms with Gasteiger partial charge in [-0.25, -0.2) is 0 Å². The second kappa shape index (κ2) is 4.55. The average Bonchev–Trinajstić information content (AvgIpc) is 2.37. The summed E-state index contributed by atoms with van der Waals surface area (Å²) in [5.41, 5.74) is 0. The lowest BCUT2D eigenvalue weighted by Gasteiger charge is -1.94. The van der Waals surface area contributed by atoms with Gasteiger partial charge in [-0.15, -0.1) is 17.8 Å². The molecule has 1 aromatic heterocycles. The third-order valence-electron chi connectivity index (χ3n) is 1.16. The number of hydrogen-bond acceptors (Lipinski definition) is 2. The first-order valence-electron chi connectivity index (χ1n) is 3.21. The van der Waals surface area contributed by atoms with Gasteiger partial charge in [-0.3, -0.25) is 0 Å². The lowest BCUT2D eigenvalue weighted by molar-refractivity contribution is 0.781. The van der Waals surface area contributed by atoms with Crippen LogP contribution in [0.15, 0.2) is 15.9 Å². The predicted octanol–water partition coefficient (Wildman–Crippen LogP) is 2.23. The molecular formula is C8H8BrNS. The van der Waals surface area contributed by atoms with Crippen LogP contribution in [0.4, 0.5) is 0 Å². The lowest BCUT2D eigenvalue weighted by atomic mass is 10.4. The van der Waals surface area contributed by atoms with Gasteiger partial charge in [0.1, 0.15) is 0 Å². The minimum atomic E-state index is 0.634. The molecule has 3 heteroatoms. The fourth-order valence-electron chi connectivity index (χ4n) is 0.705. The van der Waals surface area contributed by atoms with Gasteiger partial charge in [0, 0.05) is 11.4 Å². The van der Waals surface area contributed by atoms with Crippen LogP contribution in [0, 0.1) is 12.3 Å². The van der Waals surface area contributed by atoms with Crippen LogP contribution in [0.5, 0.6) is 0 Å². The maximum Gasteiger partial charge on any atom is 0.0701 e. The quantitative estimate of drug-likeness (QED) is 0.620. The molecule has 0 aliphatic carbocycles. The number of thiophene rings is 1. The largest absolute Gasteiger partial charge is 0.301 e. The van der Waals surface area contributed by atoms with Gasteiger partial charge in [-0.05, 0) is 28.1 Å². The van der Waals surface area contributed by atoms with Crippen LogP contribution in [-0.4, -0.2) is 6.54 Å². The highest BCUT2D eigenvalue weighted by molar-refractivity contribution is 9.11. The van der Waals surface area contributed by atoms with E-state index in [2.05, 4.69) is 33.2 Å². The summed E-state index contributed by atoms with van der Waals surface area (Å²) in [5, 5.41) is 3.12. The molecule has 1 nitrogen and oxygen atoms in total. The molecule has 0 aliphatic heterocycles. The first-order valence-corrected chi connectivity index (χ1v) is 4.82. The van der Waals surface area contributed by atoms with Crippen molar-refractivity contribution >= 4 is 27.3 Å². The summed E-state index contributed by atoms with van der Waals surface area (Å²) < 4.78 is 1.16. The topological polar surface area (TPSA) is 12.0 Å². The van der Waals surface area contributed by atoms with Crippen molar-refractivity contribution in [2.24, 2.45) is 0 Å². The number of halogens is 1. The van der Waals surface area contributed by atoms with Crippen molar-refractivity contribution in [3.63, 3.8) is 0 Å². The summed E-state index contributed by atoms with van der Waals surface area (Å²) in [6, 6.07) is 4.12. The highest BCUT2D eigenvalue weighted by Gasteiger charge is 1.94. The molecule has 11 heavy (non-hydrogen) atoms. The molecule has 0 bridgehead atoms. The Morgan fingerprint density at radius 1 is 1.64 bits per heavy atom. The fourth-order valence-corrected chi connectivity index (χ4v) is 2.16. The van der Waals surface area contributed by atoms with Gasteiger partial charge in [0.2, 0.25) is 0 Å². The van der Waals surface area contributed by atoms with Crippen LogP contribution in [0.3, 0.4) is 0 Å². The number of nitrogens with one attached hydrogen (secondary N) is 1. The van der Waals surface area contributed by atoms with E-state index in [-0.39, 0.29) is 0 Å². The van der Waals surface area contributed by atoms with Gasteiger partial charge in [0.15, 0.2) is 0 Å². The molecule has 0 unspecified atom stereocenters.